The Labute approximate surface area is 184 Å². The third-order valence-corrected chi connectivity index (χ3v) is 6.93. The fraction of sp³-hybridized carbons (Fsp3) is 0.391. The van der Waals surface area contributed by atoms with Crippen LogP contribution in [0, 0.1) is 22.7 Å². The number of amides is 1. The molecule has 0 saturated carbocycles. The zero-order chi connectivity index (χ0) is 22.2. The Morgan fingerprint density at radius 3 is 2.94 bits per heavy atom. The Morgan fingerprint density at radius 1 is 1.39 bits per heavy atom. The lowest BCUT2D eigenvalue weighted by molar-refractivity contribution is -0.119. The Kier molecular flexibility index (Phi) is 5.54. The summed E-state index contributed by atoms with van der Waals surface area (Å²) in [5, 5.41) is 12.9. The van der Waals surface area contributed by atoms with Crippen LogP contribution in [-0.4, -0.2) is 23.5 Å². The van der Waals surface area contributed by atoms with E-state index in [-0.39, 0.29) is 11.0 Å². The summed E-state index contributed by atoms with van der Waals surface area (Å²) in [6.07, 6.45) is 4.07. The highest BCUT2D eigenvalue weighted by Crippen LogP contribution is 2.43. The standard InChI is InChI=1S/C23H23N3O4S/c1-23(2,3)14-5-6-15-16(10-24)21(31-19(15)9-14)26-20(27)11-29-22(28)13-4-7-17-18(8-13)30-12-25-17/h4,7-8,12,14H,5-6,9,11H2,1-3H3,(H,26,27). The van der Waals surface area contributed by atoms with Crippen LogP contribution in [0.3, 0.4) is 0 Å². The van der Waals surface area contributed by atoms with Gasteiger partial charge < -0.3 is 14.5 Å². The van der Waals surface area contributed by atoms with E-state index in [0.29, 0.717) is 27.6 Å². The number of hydrogen-bond donors (Lipinski definition) is 1. The highest BCUT2D eigenvalue weighted by atomic mass is 32.1. The summed E-state index contributed by atoms with van der Waals surface area (Å²) < 4.78 is 10.3. The molecule has 0 bridgehead atoms. The molecule has 1 aliphatic rings. The van der Waals surface area contributed by atoms with Gasteiger partial charge in [0.2, 0.25) is 0 Å². The fourth-order valence-corrected chi connectivity index (χ4v) is 5.18. The summed E-state index contributed by atoms with van der Waals surface area (Å²) in [4.78, 5) is 29.8. The molecule has 160 valence electrons. The van der Waals surface area contributed by atoms with Gasteiger partial charge in [0.25, 0.3) is 5.91 Å². The predicted molar refractivity (Wildman–Crippen MR) is 117 cm³/mol. The molecule has 0 aliphatic heterocycles. The summed E-state index contributed by atoms with van der Waals surface area (Å²) in [7, 11) is 0. The van der Waals surface area contributed by atoms with Gasteiger partial charge in [0, 0.05) is 4.88 Å². The van der Waals surface area contributed by atoms with E-state index in [9.17, 15) is 14.9 Å². The van der Waals surface area contributed by atoms with Crippen LogP contribution in [0.4, 0.5) is 5.00 Å². The number of esters is 1. The normalized spacial score (nSPS) is 15.9. The molecule has 0 fully saturated rings. The molecule has 1 unspecified atom stereocenters. The maximum absolute atomic E-state index is 12.4. The molecule has 31 heavy (non-hydrogen) atoms. The second-order valence-corrected chi connectivity index (χ2v) is 9.89. The van der Waals surface area contributed by atoms with E-state index in [1.165, 1.54) is 23.8 Å². The highest BCUT2D eigenvalue weighted by molar-refractivity contribution is 7.16. The molecule has 0 radical (unpaired) electrons. The maximum atomic E-state index is 12.4. The van der Waals surface area contributed by atoms with Gasteiger partial charge in [-0.05, 0) is 54.4 Å². The Morgan fingerprint density at radius 2 is 2.19 bits per heavy atom. The number of aromatic nitrogens is 1. The minimum absolute atomic E-state index is 0.195. The van der Waals surface area contributed by atoms with Crippen molar-refractivity contribution in [3.63, 3.8) is 0 Å². The van der Waals surface area contributed by atoms with Crippen LogP contribution in [0.5, 0.6) is 0 Å². The lowest BCUT2D eigenvalue weighted by Gasteiger charge is -2.33. The van der Waals surface area contributed by atoms with Crippen LogP contribution < -0.4 is 5.32 Å². The van der Waals surface area contributed by atoms with Crippen molar-refractivity contribution in [1.29, 1.82) is 5.26 Å². The monoisotopic (exact) mass is 437 g/mol. The SMILES string of the molecule is CC(C)(C)C1CCc2c(sc(NC(=O)COC(=O)c3ccc4ncoc4c3)c2C#N)C1. The minimum Gasteiger partial charge on any atom is -0.452 e. The lowest BCUT2D eigenvalue weighted by atomic mass is 9.72. The van der Waals surface area contributed by atoms with Crippen LogP contribution in [0.2, 0.25) is 0 Å². The maximum Gasteiger partial charge on any atom is 0.338 e. The summed E-state index contributed by atoms with van der Waals surface area (Å²) >= 11 is 1.45. The molecule has 1 N–H and O–H groups in total. The van der Waals surface area contributed by atoms with Crippen LogP contribution >= 0.6 is 11.3 Å². The van der Waals surface area contributed by atoms with Crippen LogP contribution in [0.25, 0.3) is 11.1 Å². The number of nitrogens with one attached hydrogen (secondary N) is 1. The first kappa shape index (κ1) is 21.1. The molecule has 1 amide bonds. The zero-order valence-electron chi connectivity index (χ0n) is 17.7. The minimum atomic E-state index is -0.632. The van der Waals surface area contributed by atoms with Crippen molar-refractivity contribution in [2.75, 3.05) is 11.9 Å². The number of hydrogen-bond acceptors (Lipinski definition) is 7. The van der Waals surface area contributed by atoms with Gasteiger partial charge in [0.15, 0.2) is 18.6 Å². The van der Waals surface area contributed by atoms with Crippen molar-refractivity contribution in [1.82, 2.24) is 4.98 Å². The number of anilines is 1. The fourth-order valence-electron chi connectivity index (χ4n) is 3.89. The number of nitriles is 1. The molecule has 1 aliphatic carbocycles. The molecule has 7 nitrogen and oxygen atoms in total. The first-order valence-electron chi connectivity index (χ1n) is 10.1. The number of carbonyl (C=O) groups excluding carboxylic acids is 2. The number of ether oxygens (including phenoxy) is 1. The number of fused-ring (bicyclic) bond motifs is 2. The lowest BCUT2D eigenvalue weighted by Crippen LogP contribution is -2.26. The van der Waals surface area contributed by atoms with Gasteiger partial charge in [0.05, 0.1) is 11.1 Å². The van der Waals surface area contributed by atoms with Gasteiger partial charge >= 0.3 is 5.97 Å². The molecule has 8 heteroatoms. The van der Waals surface area contributed by atoms with Crippen molar-refractivity contribution >= 4 is 39.3 Å². The van der Waals surface area contributed by atoms with E-state index in [1.54, 1.807) is 12.1 Å². The molecule has 2 heterocycles. The van der Waals surface area contributed by atoms with E-state index >= 15 is 0 Å². The molecule has 3 aromatic rings. The van der Waals surface area contributed by atoms with Crippen molar-refractivity contribution < 1.29 is 18.7 Å². The third-order valence-electron chi connectivity index (χ3n) is 5.76. The van der Waals surface area contributed by atoms with Gasteiger partial charge in [-0.15, -0.1) is 11.3 Å². The second kappa shape index (κ2) is 8.16. The first-order chi connectivity index (χ1) is 14.8. The van der Waals surface area contributed by atoms with Crippen LogP contribution in [0.1, 0.15) is 53.6 Å². The smallest absolute Gasteiger partial charge is 0.338 e. The van der Waals surface area contributed by atoms with Crippen molar-refractivity contribution in [2.24, 2.45) is 11.3 Å². The Bertz CT molecular complexity index is 1200. The number of rotatable bonds is 4. The summed E-state index contributed by atoms with van der Waals surface area (Å²) in [6.45, 7) is 6.27. The average Bonchev–Trinajstić information content (AvgIpc) is 3.33. The summed E-state index contributed by atoms with van der Waals surface area (Å²) in [5.41, 5.74) is 3.14. The average molecular weight is 438 g/mol. The quantitative estimate of drug-likeness (QED) is 0.593. The highest BCUT2D eigenvalue weighted by Gasteiger charge is 2.32. The first-order valence-corrected chi connectivity index (χ1v) is 10.9. The molecule has 0 saturated heterocycles. The van der Waals surface area contributed by atoms with Crippen molar-refractivity contribution in [2.45, 2.75) is 40.0 Å². The van der Waals surface area contributed by atoms with E-state index in [0.717, 1.165) is 29.7 Å². The molecular formula is C23H23N3O4S. The number of benzene rings is 1. The molecular weight excluding hydrogens is 414 g/mol. The molecule has 4 rings (SSSR count). The molecule has 0 spiro atoms. The predicted octanol–water partition coefficient (Wildman–Crippen LogP) is 4.71. The molecule has 1 aromatic carbocycles. The Hall–Kier alpha value is -3.18. The number of thiophene rings is 1. The van der Waals surface area contributed by atoms with E-state index < -0.39 is 18.5 Å². The number of carbonyl (C=O) groups is 2. The van der Waals surface area contributed by atoms with Gasteiger partial charge in [-0.25, -0.2) is 9.78 Å². The summed E-state index contributed by atoms with van der Waals surface area (Å²) in [6, 6.07) is 6.98. The largest absolute Gasteiger partial charge is 0.452 e. The van der Waals surface area contributed by atoms with E-state index in [2.05, 4.69) is 37.1 Å². The van der Waals surface area contributed by atoms with Gasteiger partial charge in [-0.2, -0.15) is 5.26 Å². The second-order valence-electron chi connectivity index (χ2n) is 8.78. The molecule has 1 atom stereocenters. The van der Waals surface area contributed by atoms with Crippen molar-refractivity contribution in [3.8, 4) is 6.07 Å². The van der Waals surface area contributed by atoms with E-state index in [4.69, 9.17) is 9.15 Å². The number of oxazole rings is 1. The Balaban J connectivity index is 1.41. The summed E-state index contributed by atoms with van der Waals surface area (Å²) in [5.74, 6) is -0.569. The van der Waals surface area contributed by atoms with Crippen molar-refractivity contribution in [3.05, 3.63) is 46.2 Å². The molecule has 2 aromatic heterocycles. The van der Waals surface area contributed by atoms with Crippen LogP contribution in [0.15, 0.2) is 29.0 Å². The number of nitrogens with zero attached hydrogens (tertiary/aromatic N) is 2. The topological polar surface area (TPSA) is 105 Å². The van der Waals surface area contributed by atoms with Crippen LogP contribution in [-0.2, 0) is 22.4 Å². The van der Waals surface area contributed by atoms with Gasteiger partial charge in [-0.1, -0.05) is 20.8 Å². The van der Waals surface area contributed by atoms with E-state index in [1.807, 2.05) is 0 Å². The third kappa shape index (κ3) is 4.32. The zero-order valence-corrected chi connectivity index (χ0v) is 18.5. The van der Waals surface area contributed by atoms with Gasteiger partial charge in [-0.3, -0.25) is 4.79 Å². The van der Waals surface area contributed by atoms with Gasteiger partial charge in [0.1, 0.15) is 16.6 Å².